The van der Waals surface area contributed by atoms with E-state index in [0.717, 1.165) is 10.5 Å². The third-order valence-corrected chi connectivity index (χ3v) is 5.38. The molecule has 3 N–H and O–H groups in total. The van der Waals surface area contributed by atoms with E-state index in [1.807, 2.05) is 25.1 Å². The molecule has 0 aliphatic rings. The van der Waals surface area contributed by atoms with Gasteiger partial charge in [0.2, 0.25) is 5.91 Å². The molecule has 3 aromatic rings. The van der Waals surface area contributed by atoms with E-state index in [4.69, 9.17) is 28.2 Å². The summed E-state index contributed by atoms with van der Waals surface area (Å²) in [6.45, 7) is 1.85. The van der Waals surface area contributed by atoms with Gasteiger partial charge < -0.3 is 20.4 Å². The quantitative estimate of drug-likeness (QED) is 0.351. The fourth-order valence-corrected chi connectivity index (χ4v) is 3.53. The molecule has 1 heterocycles. The minimum Gasteiger partial charge on any atom is -0.459 e. The lowest BCUT2D eigenvalue weighted by Crippen LogP contribution is -2.35. The van der Waals surface area contributed by atoms with E-state index < -0.39 is 0 Å². The standard InChI is InChI=1S/C21H18ClN3O3S2/c1-13-11-15(6-9-17(13)24-20(27)18-3-2-10-28-18)23-21(29)25-19(26)12-30-16-7-4-14(22)5-8-16/h2-11H,12H2,1H3,(H,24,27)(H2,23,25,26,29). The molecule has 1 aromatic heterocycles. The number of halogens is 1. The number of hydrogen-bond donors (Lipinski definition) is 3. The Morgan fingerprint density at radius 1 is 1.10 bits per heavy atom. The zero-order valence-corrected chi connectivity index (χ0v) is 18.3. The second-order valence-corrected chi connectivity index (χ2v) is 8.10. The fraction of sp³-hybridized carbons (Fsp3) is 0.0952. The lowest BCUT2D eigenvalue weighted by molar-refractivity contribution is -0.117. The number of furan rings is 1. The highest BCUT2D eigenvalue weighted by Gasteiger charge is 2.11. The number of carbonyl (C=O) groups is 2. The molecule has 0 radical (unpaired) electrons. The highest BCUT2D eigenvalue weighted by molar-refractivity contribution is 8.00. The number of rotatable bonds is 6. The Bertz CT molecular complexity index is 1050. The molecular weight excluding hydrogens is 442 g/mol. The molecular formula is C21H18ClN3O3S2. The van der Waals surface area contributed by atoms with Gasteiger partial charge in [0.05, 0.1) is 12.0 Å². The monoisotopic (exact) mass is 459 g/mol. The minimum absolute atomic E-state index is 0.198. The first-order valence-corrected chi connectivity index (χ1v) is 10.6. The van der Waals surface area contributed by atoms with Crippen LogP contribution in [0, 0.1) is 6.92 Å². The lowest BCUT2D eigenvalue weighted by atomic mass is 10.1. The molecule has 6 nitrogen and oxygen atoms in total. The van der Waals surface area contributed by atoms with Crippen LogP contribution in [0.4, 0.5) is 11.4 Å². The van der Waals surface area contributed by atoms with Gasteiger partial charge in [-0.25, -0.2) is 0 Å². The van der Waals surface area contributed by atoms with Gasteiger partial charge in [0.15, 0.2) is 10.9 Å². The molecule has 0 spiro atoms. The molecule has 2 amide bonds. The van der Waals surface area contributed by atoms with Gasteiger partial charge in [-0.2, -0.15) is 0 Å². The molecule has 2 aromatic carbocycles. The SMILES string of the molecule is Cc1cc(NC(=S)NC(=O)CSc2ccc(Cl)cc2)ccc1NC(=O)c1ccco1. The summed E-state index contributed by atoms with van der Waals surface area (Å²) >= 11 is 12.4. The first kappa shape index (κ1) is 21.9. The third kappa shape index (κ3) is 6.35. The van der Waals surface area contributed by atoms with Gasteiger partial charge in [-0.3, -0.25) is 9.59 Å². The molecule has 9 heteroatoms. The average Bonchev–Trinajstić information content (AvgIpc) is 3.24. The van der Waals surface area contributed by atoms with Crippen LogP contribution in [0.2, 0.25) is 5.02 Å². The van der Waals surface area contributed by atoms with Crippen LogP contribution in [0.3, 0.4) is 0 Å². The van der Waals surface area contributed by atoms with E-state index in [1.54, 1.807) is 36.4 Å². The number of aryl methyl sites for hydroxylation is 1. The molecule has 0 bridgehead atoms. The van der Waals surface area contributed by atoms with Crippen LogP contribution in [0.15, 0.2) is 70.2 Å². The maximum atomic E-state index is 12.1. The number of amides is 2. The number of carbonyl (C=O) groups excluding carboxylic acids is 2. The highest BCUT2D eigenvalue weighted by Crippen LogP contribution is 2.21. The number of thiocarbonyl (C=S) groups is 1. The van der Waals surface area contributed by atoms with Crippen LogP contribution in [0.1, 0.15) is 16.1 Å². The van der Waals surface area contributed by atoms with Gasteiger partial charge >= 0.3 is 0 Å². The Morgan fingerprint density at radius 3 is 2.53 bits per heavy atom. The largest absolute Gasteiger partial charge is 0.459 e. The Hall–Kier alpha value is -2.81. The summed E-state index contributed by atoms with van der Waals surface area (Å²) in [5.74, 6) is -0.0894. The van der Waals surface area contributed by atoms with Crippen LogP contribution in [-0.4, -0.2) is 22.7 Å². The van der Waals surface area contributed by atoms with Gasteiger partial charge in [0, 0.05) is 21.3 Å². The van der Waals surface area contributed by atoms with E-state index >= 15 is 0 Å². The van der Waals surface area contributed by atoms with Gasteiger partial charge in [-0.15, -0.1) is 11.8 Å². The molecule has 0 unspecified atom stereocenters. The third-order valence-electron chi connectivity index (χ3n) is 3.91. The number of hydrogen-bond acceptors (Lipinski definition) is 5. The normalized spacial score (nSPS) is 10.3. The Kier molecular flexibility index (Phi) is 7.51. The summed E-state index contributed by atoms with van der Waals surface area (Å²) in [5, 5.41) is 9.25. The summed E-state index contributed by atoms with van der Waals surface area (Å²) < 4.78 is 5.08. The second kappa shape index (κ2) is 10.3. The van der Waals surface area contributed by atoms with E-state index in [-0.39, 0.29) is 28.4 Å². The average molecular weight is 460 g/mol. The molecule has 0 aliphatic heterocycles. The molecule has 0 saturated carbocycles. The molecule has 0 atom stereocenters. The molecule has 3 rings (SSSR count). The van der Waals surface area contributed by atoms with Crippen molar-refractivity contribution in [3.63, 3.8) is 0 Å². The van der Waals surface area contributed by atoms with Crippen molar-refractivity contribution in [1.29, 1.82) is 0 Å². The van der Waals surface area contributed by atoms with Crippen molar-refractivity contribution in [2.45, 2.75) is 11.8 Å². The minimum atomic E-state index is -0.329. The molecule has 0 fully saturated rings. The summed E-state index contributed by atoms with van der Waals surface area (Å²) in [7, 11) is 0. The highest BCUT2D eigenvalue weighted by atomic mass is 35.5. The number of thioether (sulfide) groups is 1. The topological polar surface area (TPSA) is 83.4 Å². The Morgan fingerprint density at radius 2 is 1.87 bits per heavy atom. The molecule has 30 heavy (non-hydrogen) atoms. The van der Waals surface area contributed by atoms with E-state index in [1.165, 1.54) is 18.0 Å². The lowest BCUT2D eigenvalue weighted by Gasteiger charge is -2.12. The first-order valence-electron chi connectivity index (χ1n) is 8.85. The predicted molar refractivity (Wildman–Crippen MR) is 124 cm³/mol. The number of nitrogens with one attached hydrogen (secondary N) is 3. The van der Waals surface area contributed by atoms with Crippen LogP contribution >= 0.6 is 35.6 Å². The van der Waals surface area contributed by atoms with Crippen molar-refractivity contribution < 1.29 is 14.0 Å². The molecule has 0 aliphatic carbocycles. The molecule has 0 saturated heterocycles. The predicted octanol–water partition coefficient (Wildman–Crippen LogP) is 5.10. The van der Waals surface area contributed by atoms with Crippen LogP contribution < -0.4 is 16.0 Å². The maximum absolute atomic E-state index is 12.1. The zero-order valence-electron chi connectivity index (χ0n) is 15.9. The second-order valence-electron chi connectivity index (χ2n) is 6.21. The Labute approximate surface area is 188 Å². The van der Waals surface area contributed by atoms with Crippen molar-refractivity contribution in [3.05, 3.63) is 77.2 Å². The number of anilines is 2. The molecule has 154 valence electrons. The van der Waals surface area contributed by atoms with Gasteiger partial charge in [0.1, 0.15) is 0 Å². The van der Waals surface area contributed by atoms with Crippen molar-refractivity contribution >= 4 is 63.9 Å². The smallest absolute Gasteiger partial charge is 0.291 e. The summed E-state index contributed by atoms with van der Waals surface area (Å²) in [6.07, 6.45) is 1.44. The maximum Gasteiger partial charge on any atom is 0.291 e. The van der Waals surface area contributed by atoms with Crippen molar-refractivity contribution in [3.8, 4) is 0 Å². The Balaban J connectivity index is 1.49. The van der Waals surface area contributed by atoms with Crippen LogP contribution in [0.25, 0.3) is 0 Å². The number of benzene rings is 2. The van der Waals surface area contributed by atoms with E-state index in [9.17, 15) is 9.59 Å². The van der Waals surface area contributed by atoms with Gasteiger partial charge in [0.25, 0.3) is 5.91 Å². The summed E-state index contributed by atoms with van der Waals surface area (Å²) in [5.41, 5.74) is 2.17. The fourth-order valence-electron chi connectivity index (χ4n) is 2.48. The van der Waals surface area contributed by atoms with Crippen LogP contribution in [-0.2, 0) is 4.79 Å². The summed E-state index contributed by atoms with van der Waals surface area (Å²) in [4.78, 5) is 25.1. The van der Waals surface area contributed by atoms with Crippen molar-refractivity contribution in [1.82, 2.24) is 5.32 Å². The zero-order chi connectivity index (χ0) is 21.5. The van der Waals surface area contributed by atoms with E-state index in [2.05, 4.69) is 16.0 Å². The van der Waals surface area contributed by atoms with Crippen LogP contribution in [0.5, 0.6) is 0 Å². The van der Waals surface area contributed by atoms with E-state index in [0.29, 0.717) is 16.4 Å². The van der Waals surface area contributed by atoms with Gasteiger partial charge in [-0.05, 0) is 79.3 Å². The summed E-state index contributed by atoms with van der Waals surface area (Å²) in [6, 6.07) is 15.8. The van der Waals surface area contributed by atoms with Crippen molar-refractivity contribution in [2.24, 2.45) is 0 Å². The van der Waals surface area contributed by atoms with Gasteiger partial charge in [-0.1, -0.05) is 11.6 Å². The first-order chi connectivity index (χ1) is 14.4. The van der Waals surface area contributed by atoms with Crippen molar-refractivity contribution in [2.75, 3.05) is 16.4 Å².